The molecule has 1 fully saturated rings. The summed E-state index contributed by atoms with van der Waals surface area (Å²) in [5.74, 6) is -1.17. The molecule has 0 unspecified atom stereocenters. The Bertz CT molecular complexity index is 1750. The molecule has 1 atom stereocenters. The number of carbonyl (C=O) groups excluding carboxylic acids is 1. The van der Waals surface area contributed by atoms with E-state index < -0.39 is 44.5 Å². The van der Waals surface area contributed by atoms with E-state index in [1.807, 2.05) is 0 Å². The highest BCUT2D eigenvalue weighted by Crippen LogP contribution is 2.47. The fourth-order valence-electron chi connectivity index (χ4n) is 5.23. The van der Waals surface area contributed by atoms with Crippen LogP contribution in [0.5, 0.6) is 0 Å². The molecule has 206 valence electrons. The van der Waals surface area contributed by atoms with Crippen LogP contribution < -0.4 is 0 Å². The fourth-order valence-corrected chi connectivity index (χ4v) is 6.57. The number of carbonyl (C=O) groups is 1. The topological polar surface area (TPSA) is 127 Å². The summed E-state index contributed by atoms with van der Waals surface area (Å²) in [7, 11) is -4.18. The van der Waals surface area contributed by atoms with E-state index in [2.05, 4.69) is 25.5 Å². The Balaban J connectivity index is 1.47. The van der Waals surface area contributed by atoms with Gasteiger partial charge in [0.1, 0.15) is 11.5 Å². The average Bonchev–Trinajstić information content (AvgIpc) is 3.62. The summed E-state index contributed by atoms with van der Waals surface area (Å²) in [6, 6.07) is 7.07. The molecule has 1 aliphatic heterocycles. The van der Waals surface area contributed by atoms with Crippen LogP contribution in [-0.2, 0) is 22.6 Å². The number of ketones is 1. The number of hydrogen-bond donors (Lipinski definition) is 1. The summed E-state index contributed by atoms with van der Waals surface area (Å²) in [4.78, 5) is 18.1. The molecule has 0 amide bonds. The van der Waals surface area contributed by atoms with Crippen LogP contribution in [0.4, 0.5) is 17.6 Å². The van der Waals surface area contributed by atoms with E-state index in [1.165, 1.54) is 30.5 Å². The average molecular weight is 574 g/mol. The second kappa shape index (κ2) is 9.16. The summed E-state index contributed by atoms with van der Waals surface area (Å²) in [6.07, 6.45) is 0.581. The highest BCUT2D eigenvalue weighted by Gasteiger charge is 2.52. The molecule has 1 N–H and O–H groups in total. The molecule has 0 radical (unpaired) electrons. The Kier molecular flexibility index (Phi) is 5.96. The van der Waals surface area contributed by atoms with Gasteiger partial charge in [-0.2, -0.15) is 22.6 Å². The van der Waals surface area contributed by atoms with Crippen molar-refractivity contribution in [3.63, 3.8) is 0 Å². The molecule has 2 aliphatic rings. The predicted octanol–water partition coefficient (Wildman–Crippen LogP) is 3.45. The number of halogens is 4. The molecular weight excluding hydrogens is 554 g/mol. The zero-order valence-electron chi connectivity index (χ0n) is 20.4. The first-order chi connectivity index (χ1) is 19.0. The molecule has 10 nitrogen and oxygen atoms in total. The zero-order valence-corrected chi connectivity index (χ0v) is 21.2. The highest BCUT2D eigenvalue weighted by atomic mass is 32.2. The lowest BCUT2D eigenvalue weighted by molar-refractivity contribution is -0.137. The number of hydrogen-bond acceptors (Lipinski definition) is 7. The maximum atomic E-state index is 14.1. The molecule has 3 aromatic heterocycles. The molecule has 4 heterocycles. The quantitative estimate of drug-likeness (QED) is 0.286. The van der Waals surface area contributed by atoms with Crippen LogP contribution in [0.2, 0.25) is 0 Å². The van der Waals surface area contributed by atoms with Gasteiger partial charge in [0.05, 0.1) is 34.8 Å². The van der Waals surface area contributed by atoms with Gasteiger partial charge >= 0.3 is 6.18 Å². The SMILES string of the molecule is O=C(c1cc(C(F)(F)F)ccn1)[C@]12Cc3cnn(-c4ccc(F)cc4)c3C=C1CCN(S(=O)(=O)c1c[nH]nn1)C2. The van der Waals surface area contributed by atoms with Gasteiger partial charge in [-0.15, -0.1) is 5.10 Å². The standard InChI is InChI=1S/C25H19F4N7O3S/c26-18-1-3-19(4-2-18)36-21-10-16-6-8-35(40(38,39)22-13-31-34-33-22)14-24(16,11-15(21)12-32-36)23(37)20-9-17(5-7-30-20)25(27,28)29/h1-5,7,9-10,12-13H,6,8,11,14H2,(H,31,33,34)/t24-/m0/s1. The van der Waals surface area contributed by atoms with Crippen molar-refractivity contribution in [1.82, 2.24) is 34.5 Å². The van der Waals surface area contributed by atoms with E-state index in [4.69, 9.17) is 0 Å². The van der Waals surface area contributed by atoms with Crippen LogP contribution in [0.25, 0.3) is 11.8 Å². The van der Waals surface area contributed by atoms with E-state index in [9.17, 15) is 30.8 Å². The predicted molar refractivity (Wildman–Crippen MR) is 131 cm³/mol. The number of fused-ring (bicyclic) bond motifs is 2. The molecule has 40 heavy (non-hydrogen) atoms. The van der Waals surface area contributed by atoms with Crippen molar-refractivity contribution in [2.45, 2.75) is 24.0 Å². The lowest BCUT2D eigenvalue weighted by Crippen LogP contribution is -2.53. The van der Waals surface area contributed by atoms with Crippen LogP contribution in [0, 0.1) is 11.2 Å². The third-order valence-corrected chi connectivity index (χ3v) is 8.92. The number of Topliss-reactive ketones (excluding diaryl/α,β-unsaturated/α-hetero) is 1. The minimum absolute atomic E-state index is 0.00784. The molecular formula is C25H19F4N7O3S. The van der Waals surface area contributed by atoms with Crippen LogP contribution in [-0.4, -0.2) is 61.8 Å². The van der Waals surface area contributed by atoms with Crippen LogP contribution in [0.3, 0.4) is 0 Å². The summed E-state index contributed by atoms with van der Waals surface area (Å²) in [6.45, 7) is -0.363. The summed E-state index contributed by atoms with van der Waals surface area (Å²) < 4.78 is 83.3. The molecule has 0 spiro atoms. The van der Waals surface area contributed by atoms with Crippen LogP contribution in [0.1, 0.15) is 33.7 Å². The van der Waals surface area contributed by atoms with Gasteiger partial charge in [-0.25, -0.2) is 17.5 Å². The first-order valence-corrected chi connectivity index (χ1v) is 13.4. The largest absolute Gasteiger partial charge is 0.416 e. The number of piperidine rings is 1. The Morgan fingerprint density at radius 2 is 1.90 bits per heavy atom. The third-order valence-electron chi connectivity index (χ3n) is 7.21. The molecule has 0 saturated carbocycles. The third kappa shape index (κ3) is 4.21. The fraction of sp³-hybridized carbons (Fsp3) is 0.240. The van der Waals surface area contributed by atoms with Crippen molar-refractivity contribution < 1.29 is 30.8 Å². The maximum Gasteiger partial charge on any atom is 0.416 e. The first-order valence-electron chi connectivity index (χ1n) is 12.0. The van der Waals surface area contributed by atoms with Crippen molar-refractivity contribution in [2.75, 3.05) is 13.1 Å². The lowest BCUT2D eigenvalue weighted by atomic mass is 9.65. The number of alkyl halides is 3. The number of benzene rings is 1. The molecule has 4 aromatic rings. The number of aromatic nitrogens is 6. The van der Waals surface area contributed by atoms with Gasteiger partial charge in [0.25, 0.3) is 10.0 Å². The minimum atomic E-state index is -4.71. The van der Waals surface area contributed by atoms with E-state index in [-0.39, 0.29) is 31.0 Å². The smallest absolute Gasteiger partial charge is 0.291 e. The normalized spacial score (nSPS) is 19.6. The van der Waals surface area contributed by atoms with Gasteiger partial charge in [0.2, 0.25) is 5.03 Å². The first kappa shape index (κ1) is 26.0. The number of aromatic amines is 1. The number of sulfonamides is 1. The Morgan fingerprint density at radius 1 is 1.12 bits per heavy atom. The van der Waals surface area contributed by atoms with Crippen LogP contribution >= 0.6 is 0 Å². The van der Waals surface area contributed by atoms with E-state index in [0.717, 1.165) is 22.8 Å². The molecule has 15 heteroatoms. The number of nitrogens with zero attached hydrogens (tertiary/aromatic N) is 6. The van der Waals surface area contributed by atoms with Gasteiger partial charge < -0.3 is 0 Å². The molecule has 1 aliphatic carbocycles. The van der Waals surface area contributed by atoms with Gasteiger partial charge in [-0.3, -0.25) is 14.9 Å². The Morgan fingerprint density at radius 3 is 2.60 bits per heavy atom. The second-order valence-corrected chi connectivity index (χ2v) is 11.4. The van der Waals surface area contributed by atoms with Crippen LogP contribution in [0.15, 0.2) is 65.6 Å². The van der Waals surface area contributed by atoms with Crippen molar-refractivity contribution in [3.05, 3.63) is 88.9 Å². The van der Waals surface area contributed by atoms with Gasteiger partial charge in [-0.05, 0) is 60.9 Å². The molecule has 1 saturated heterocycles. The zero-order chi connectivity index (χ0) is 28.3. The number of H-pyrrole nitrogens is 1. The van der Waals surface area contributed by atoms with E-state index in [1.54, 1.807) is 10.8 Å². The van der Waals surface area contributed by atoms with Gasteiger partial charge in [0.15, 0.2) is 5.78 Å². The number of nitrogens with one attached hydrogen (secondary N) is 1. The molecule has 6 rings (SSSR count). The molecule has 1 aromatic carbocycles. The monoisotopic (exact) mass is 573 g/mol. The number of rotatable bonds is 5. The van der Waals surface area contributed by atoms with Gasteiger partial charge in [-0.1, -0.05) is 10.8 Å². The van der Waals surface area contributed by atoms with E-state index in [0.29, 0.717) is 28.6 Å². The highest BCUT2D eigenvalue weighted by molar-refractivity contribution is 7.89. The van der Waals surface area contributed by atoms with Crippen molar-refractivity contribution in [3.8, 4) is 5.69 Å². The van der Waals surface area contributed by atoms with Crippen molar-refractivity contribution in [1.29, 1.82) is 0 Å². The lowest BCUT2D eigenvalue weighted by Gasteiger charge is -2.44. The second-order valence-electron chi connectivity index (χ2n) is 9.53. The van der Waals surface area contributed by atoms with Crippen molar-refractivity contribution in [2.24, 2.45) is 5.41 Å². The Labute approximate surface area is 224 Å². The molecule has 0 bridgehead atoms. The Hall–Kier alpha value is -4.24. The maximum absolute atomic E-state index is 14.1. The summed E-state index contributed by atoms with van der Waals surface area (Å²) in [5, 5.41) is 13.4. The summed E-state index contributed by atoms with van der Waals surface area (Å²) >= 11 is 0. The number of pyridine rings is 1. The van der Waals surface area contributed by atoms with Gasteiger partial charge in [0, 0.05) is 19.3 Å². The summed E-state index contributed by atoms with van der Waals surface area (Å²) in [5.41, 5.74) is -0.782. The minimum Gasteiger partial charge on any atom is -0.291 e. The van der Waals surface area contributed by atoms with E-state index >= 15 is 0 Å². The van der Waals surface area contributed by atoms with Crippen molar-refractivity contribution >= 4 is 21.9 Å².